The SMILES string of the molecule is Cc1ccc(F)c(NC(=O)Cc2c(C)nn(CC(C)C)c2C)c1. The molecule has 0 atom stereocenters. The van der Waals surface area contributed by atoms with Gasteiger partial charge in [-0.05, 0) is 44.4 Å². The van der Waals surface area contributed by atoms with Crippen LogP contribution >= 0.6 is 0 Å². The molecule has 0 unspecified atom stereocenters. The van der Waals surface area contributed by atoms with E-state index in [4.69, 9.17) is 0 Å². The molecule has 1 amide bonds. The van der Waals surface area contributed by atoms with Gasteiger partial charge in [0.05, 0.1) is 17.8 Å². The topological polar surface area (TPSA) is 46.9 Å². The second kappa shape index (κ2) is 6.94. The van der Waals surface area contributed by atoms with Gasteiger partial charge in [0.15, 0.2) is 0 Å². The minimum absolute atomic E-state index is 0.198. The molecule has 2 aromatic rings. The van der Waals surface area contributed by atoms with Gasteiger partial charge in [0, 0.05) is 17.8 Å². The van der Waals surface area contributed by atoms with Gasteiger partial charge in [-0.3, -0.25) is 9.48 Å². The van der Waals surface area contributed by atoms with Gasteiger partial charge in [0.1, 0.15) is 5.82 Å². The van der Waals surface area contributed by atoms with Crippen molar-refractivity contribution < 1.29 is 9.18 Å². The van der Waals surface area contributed by atoms with E-state index in [-0.39, 0.29) is 18.0 Å². The third-order valence-corrected chi connectivity index (χ3v) is 3.80. The predicted molar refractivity (Wildman–Crippen MR) is 90.0 cm³/mol. The van der Waals surface area contributed by atoms with E-state index in [1.54, 1.807) is 12.1 Å². The van der Waals surface area contributed by atoms with Crippen molar-refractivity contribution in [1.29, 1.82) is 0 Å². The zero-order valence-electron chi connectivity index (χ0n) is 14.4. The van der Waals surface area contributed by atoms with Crippen molar-refractivity contribution >= 4 is 11.6 Å². The molecule has 1 heterocycles. The van der Waals surface area contributed by atoms with Crippen LogP contribution in [0.1, 0.15) is 36.4 Å². The molecule has 0 spiro atoms. The molecule has 124 valence electrons. The summed E-state index contributed by atoms with van der Waals surface area (Å²) in [5.41, 5.74) is 3.88. The monoisotopic (exact) mass is 317 g/mol. The average molecular weight is 317 g/mol. The minimum Gasteiger partial charge on any atom is -0.323 e. The van der Waals surface area contributed by atoms with E-state index in [0.29, 0.717) is 5.92 Å². The first-order valence-corrected chi connectivity index (χ1v) is 7.86. The van der Waals surface area contributed by atoms with E-state index in [1.165, 1.54) is 6.07 Å². The Bertz CT molecular complexity index is 719. The molecule has 4 nitrogen and oxygen atoms in total. The minimum atomic E-state index is -0.423. The lowest BCUT2D eigenvalue weighted by molar-refractivity contribution is -0.115. The fourth-order valence-electron chi connectivity index (χ4n) is 2.60. The fourth-order valence-corrected chi connectivity index (χ4v) is 2.60. The van der Waals surface area contributed by atoms with Gasteiger partial charge in [0.2, 0.25) is 5.91 Å². The van der Waals surface area contributed by atoms with Crippen LogP contribution in [-0.4, -0.2) is 15.7 Å². The summed E-state index contributed by atoms with van der Waals surface area (Å²) in [6, 6.07) is 4.67. The lowest BCUT2D eigenvalue weighted by atomic mass is 10.1. The van der Waals surface area contributed by atoms with Gasteiger partial charge in [-0.1, -0.05) is 19.9 Å². The van der Waals surface area contributed by atoms with Gasteiger partial charge in [-0.2, -0.15) is 5.10 Å². The first kappa shape index (κ1) is 17.2. The summed E-state index contributed by atoms with van der Waals surface area (Å²) in [5, 5.41) is 7.16. The first-order chi connectivity index (χ1) is 10.8. The maximum atomic E-state index is 13.7. The molecule has 0 saturated carbocycles. The van der Waals surface area contributed by atoms with E-state index >= 15 is 0 Å². The Morgan fingerprint density at radius 1 is 1.30 bits per heavy atom. The van der Waals surface area contributed by atoms with E-state index < -0.39 is 5.82 Å². The summed E-state index contributed by atoms with van der Waals surface area (Å²) in [4.78, 5) is 12.3. The quantitative estimate of drug-likeness (QED) is 0.912. The molecular formula is C18H24FN3O. The molecule has 1 aromatic heterocycles. The Morgan fingerprint density at radius 2 is 2.00 bits per heavy atom. The number of halogens is 1. The number of nitrogens with zero attached hydrogens (tertiary/aromatic N) is 2. The highest BCUT2D eigenvalue weighted by atomic mass is 19.1. The highest BCUT2D eigenvalue weighted by Crippen LogP contribution is 2.18. The fraction of sp³-hybridized carbons (Fsp3) is 0.444. The van der Waals surface area contributed by atoms with Crippen LogP contribution in [0.25, 0.3) is 0 Å². The molecule has 1 aromatic carbocycles. The van der Waals surface area contributed by atoms with Crippen LogP contribution in [0, 0.1) is 32.5 Å². The van der Waals surface area contributed by atoms with Crippen LogP contribution in [0.3, 0.4) is 0 Å². The Labute approximate surface area is 136 Å². The van der Waals surface area contributed by atoms with Crippen LogP contribution in [0.15, 0.2) is 18.2 Å². The van der Waals surface area contributed by atoms with Gasteiger partial charge >= 0.3 is 0 Å². The van der Waals surface area contributed by atoms with E-state index in [9.17, 15) is 9.18 Å². The normalized spacial score (nSPS) is 11.1. The van der Waals surface area contributed by atoms with Gasteiger partial charge in [0.25, 0.3) is 0 Å². The van der Waals surface area contributed by atoms with E-state index in [1.807, 2.05) is 25.5 Å². The average Bonchev–Trinajstić information content (AvgIpc) is 2.70. The Balaban J connectivity index is 2.14. The number of carbonyl (C=O) groups is 1. The molecule has 0 saturated heterocycles. The molecule has 0 fully saturated rings. The maximum Gasteiger partial charge on any atom is 0.229 e. The summed E-state index contributed by atoms with van der Waals surface area (Å²) in [7, 11) is 0. The second-order valence-electron chi connectivity index (χ2n) is 6.43. The van der Waals surface area contributed by atoms with Crippen LogP contribution in [0.5, 0.6) is 0 Å². The Hall–Kier alpha value is -2.17. The predicted octanol–water partition coefficient (Wildman–Crippen LogP) is 3.78. The summed E-state index contributed by atoms with van der Waals surface area (Å²) < 4.78 is 15.7. The zero-order chi connectivity index (χ0) is 17.1. The van der Waals surface area contributed by atoms with Crippen molar-refractivity contribution in [2.45, 2.75) is 47.6 Å². The number of aromatic nitrogens is 2. The molecular weight excluding hydrogens is 293 g/mol. The number of carbonyl (C=O) groups excluding carboxylic acids is 1. The summed E-state index contributed by atoms with van der Waals surface area (Å²) in [6.45, 7) is 10.8. The van der Waals surface area contributed by atoms with Crippen LogP contribution < -0.4 is 5.32 Å². The number of amides is 1. The molecule has 0 aliphatic rings. The highest BCUT2D eigenvalue weighted by molar-refractivity contribution is 5.92. The number of hydrogen-bond acceptors (Lipinski definition) is 2. The highest BCUT2D eigenvalue weighted by Gasteiger charge is 2.16. The van der Waals surface area contributed by atoms with Crippen molar-refractivity contribution in [3.63, 3.8) is 0 Å². The number of nitrogens with one attached hydrogen (secondary N) is 1. The molecule has 5 heteroatoms. The van der Waals surface area contributed by atoms with Gasteiger partial charge in [-0.15, -0.1) is 0 Å². The molecule has 0 radical (unpaired) electrons. The third kappa shape index (κ3) is 4.18. The zero-order valence-corrected chi connectivity index (χ0v) is 14.4. The molecule has 23 heavy (non-hydrogen) atoms. The molecule has 0 aliphatic heterocycles. The number of anilines is 1. The molecule has 1 N–H and O–H groups in total. The Morgan fingerprint density at radius 3 is 2.65 bits per heavy atom. The standard InChI is InChI=1S/C18H24FN3O/c1-11(2)10-22-14(5)15(13(4)21-22)9-18(23)20-17-8-12(3)6-7-16(17)19/h6-8,11H,9-10H2,1-5H3,(H,20,23). The molecule has 0 bridgehead atoms. The Kier molecular flexibility index (Phi) is 5.19. The summed E-state index contributed by atoms with van der Waals surface area (Å²) in [6.07, 6.45) is 0.198. The third-order valence-electron chi connectivity index (χ3n) is 3.80. The molecule has 2 rings (SSSR count). The lowest BCUT2D eigenvalue weighted by Crippen LogP contribution is -2.16. The number of benzene rings is 1. The number of rotatable bonds is 5. The van der Waals surface area contributed by atoms with Crippen molar-refractivity contribution in [3.8, 4) is 0 Å². The van der Waals surface area contributed by atoms with Crippen molar-refractivity contribution in [2.24, 2.45) is 5.92 Å². The lowest BCUT2D eigenvalue weighted by Gasteiger charge is -2.09. The van der Waals surface area contributed by atoms with Gasteiger partial charge in [-0.25, -0.2) is 4.39 Å². The molecule has 0 aliphatic carbocycles. The van der Waals surface area contributed by atoms with Gasteiger partial charge < -0.3 is 5.32 Å². The van der Waals surface area contributed by atoms with Crippen molar-refractivity contribution in [3.05, 3.63) is 46.5 Å². The smallest absolute Gasteiger partial charge is 0.229 e. The van der Waals surface area contributed by atoms with Crippen LogP contribution in [0.4, 0.5) is 10.1 Å². The summed E-state index contributed by atoms with van der Waals surface area (Å²) in [5.74, 6) is -0.172. The second-order valence-corrected chi connectivity index (χ2v) is 6.43. The van der Waals surface area contributed by atoms with Crippen LogP contribution in [0.2, 0.25) is 0 Å². The first-order valence-electron chi connectivity index (χ1n) is 7.86. The van der Waals surface area contributed by atoms with E-state index in [2.05, 4.69) is 24.3 Å². The summed E-state index contributed by atoms with van der Waals surface area (Å²) >= 11 is 0. The maximum absolute atomic E-state index is 13.7. The van der Waals surface area contributed by atoms with E-state index in [0.717, 1.165) is 29.1 Å². The van der Waals surface area contributed by atoms with Crippen molar-refractivity contribution in [2.75, 3.05) is 5.32 Å². The number of aryl methyl sites for hydroxylation is 2. The van der Waals surface area contributed by atoms with Crippen molar-refractivity contribution in [1.82, 2.24) is 9.78 Å². The number of hydrogen-bond donors (Lipinski definition) is 1. The largest absolute Gasteiger partial charge is 0.323 e. The van der Waals surface area contributed by atoms with Crippen LogP contribution in [-0.2, 0) is 17.8 Å².